The predicted octanol–water partition coefficient (Wildman–Crippen LogP) is 3.91. The van der Waals surface area contributed by atoms with Crippen LogP contribution in [0.5, 0.6) is 0 Å². The third-order valence-electron chi connectivity index (χ3n) is 3.84. The van der Waals surface area contributed by atoms with Crippen molar-refractivity contribution in [3.05, 3.63) is 41.1 Å². The molecule has 0 saturated heterocycles. The monoisotopic (exact) mass is 275 g/mol. The van der Waals surface area contributed by atoms with Gasteiger partial charge >= 0.3 is 0 Å². The van der Waals surface area contributed by atoms with E-state index in [-0.39, 0.29) is 6.04 Å². The Hall–Kier alpha value is -1.55. The van der Waals surface area contributed by atoms with E-state index in [1.807, 2.05) is 18.5 Å². The van der Waals surface area contributed by atoms with Crippen LogP contribution in [-0.4, -0.2) is 9.78 Å². The fourth-order valence-corrected chi connectivity index (χ4v) is 2.35. The van der Waals surface area contributed by atoms with E-state index in [0.29, 0.717) is 6.04 Å². The van der Waals surface area contributed by atoms with Crippen molar-refractivity contribution in [3.8, 4) is 0 Å². The largest absolute Gasteiger partial charge is 0.466 e. The summed E-state index contributed by atoms with van der Waals surface area (Å²) in [6.07, 6.45) is 3.15. The van der Waals surface area contributed by atoms with Gasteiger partial charge in [-0.05, 0) is 46.2 Å². The van der Waals surface area contributed by atoms with Crippen molar-refractivity contribution >= 4 is 0 Å². The summed E-state index contributed by atoms with van der Waals surface area (Å²) >= 11 is 0. The van der Waals surface area contributed by atoms with E-state index in [1.54, 1.807) is 0 Å². The standard InChI is InChI=1S/C16H25N3O/c1-6-11(2)19-8-7-15(18-19)10-17-13(4)16-9-12(3)20-14(16)5/h7-9,11,13,17H,6,10H2,1-5H3. The zero-order valence-electron chi connectivity index (χ0n) is 13.1. The number of aromatic nitrogens is 2. The third-order valence-corrected chi connectivity index (χ3v) is 3.84. The Balaban J connectivity index is 1.95. The zero-order valence-corrected chi connectivity index (χ0v) is 13.1. The number of nitrogens with zero attached hydrogens (tertiary/aromatic N) is 2. The van der Waals surface area contributed by atoms with Gasteiger partial charge < -0.3 is 9.73 Å². The highest BCUT2D eigenvalue weighted by molar-refractivity contribution is 5.23. The van der Waals surface area contributed by atoms with Crippen molar-refractivity contribution in [2.45, 2.75) is 59.7 Å². The highest BCUT2D eigenvalue weighted by Crippen LogP contribution is 2.21. The van der Waals surface area contributed by atoms with Crippen LogP contribution in [0.1, 0.15) is 62.1 Å². The molecular formula is C16H25N3O. The van der Waals surface area contributed by atoms with Crippen molar-refractivity contribution in [2.75, 3.05) is 0 Å². The molecule has 4 heteroatoms. The molecule has 0 saturated carbocycles. The maximum Gasteiger partial charge on any atom is 0.105 e. The highest BCUT2D eigenvalue weighted by Gasteiger charge is 2.13. The Labute approximate surface area is 121 Å². The average molecular weight is 275 g/mol. The molecule has 0 aliphatic rings. The predicted molar refractivity (Wildman–Crippen MR) is 80.7 cm³/mol. The first-order chi connectivity index (χ1) is 9.51. The number of furan rings is 1. The van der Waals surface area contributed by atoms with Crippen LogP contribution in [0.2, 0.25) is 0 Å². The van der Waals surface area contributed by atoms with Crippen LogP contribution >= 0.6 is 0 Å². The van der Waals surface area contributed by atoms with Crippen LogP contribution in [0.25, 0.3) is 0 Å². The fourth-order valence-electron chi connectivity index (χ4n) is 2.35. The molecule has 0 aliphatic carbocycles. The molecule has 0 radical (unpaired) electrons. The van der Waals surface area contributed by atoms with Crippen LogP contribution in [-0.2, 0) is 6.54 Å². The SMILES string of the molecule is CCC(C)n1ccc(CNC(C)c2cc(C)oc2C)n1. The number of nitrogens with one attached hydrogen (secondary N) is 1. The average Bonchev–Trinajstić information content (AvgIpc) is 3.01. The van der Waals surface area contributed by atoms with E-state index >= 15 is 0 Å². The van der Waals surface area contributed by atoms with Crippen molar-refractivity contribution in [1.29, 1.82) is 0 Å². The molecule has 1 N–H and O–H groups in total. The lowest BCUT2D eigenvalue weighted by atomic mass is 10.1. The molecule has 0 aromatic carbocycles. The summed E-state index contributed by atoms with van der Waals surface area (Å²) in [4.78, 5) is 0. The fraction of sp³-hybridized carbons (Fsp3) is 0.562. The molecule has 2 atom stereocenters. The van der Waals surface area contributed by atoms with Gasteiger partial charge in [-0.3, -0.25) is 4.68 Å². The Bertz CT molecular complexity index is 556. The second kappa shape index (κ2) is 6.27. The Kier molecular flexibility index (Phi) is 4.65. The first-order valence-corrected chi connectivity index (χ1v) is 7.35. The molecule has 110 valence electrons. The van der Waals surface area contributed by atoms with E-state index in [2.05, 4.69) is 49.5 Å². The summed E-state index contributed by atoms with van der Waals surface area (Å²) in [6, 6.07) is 4.91. The lowest BCUT2D eigenvalue weighted by Gasteiger charge is -2.12. The van der Waals surface area contributed by atoms with Gasteiger partial charge in [0, 0.05) is 30.4 Å². The van der Waals surface area contributed by atoms with E-state index < -0.39 is 0 Å². The number of rotatable bonds is 6. The van der Waals surface area contributed by atoms with Gasteiger partial charge in [-0.2, -0.15) is 5.10 Å². The third kappa shape index (κ3) is 3.31. The summed E-state index contributed by atoms with van der Waals surface area (Å²) < 4.78 is 7.61. The summed E-state index contributed by atoms with van der Waals surface area (Å²) in [5.41, 5.74) is 2.30. The van der Waals surface area contributed by atoms with Gasteiger partial charge in [0.2, 0.25) is 0 Å². The number of hydrogen-bond acceptors (Lipinski definition) is 3. The van der Waals surface area contributed by atoms with Crippen molar-refractivity contribution in [1.82, 2.24) is 15.1 Å². The maximum atomic E-state index is 5.58. The topological polar surface area (TPSA) is 43.0 Å². The van der Waals surface area contributed by atoms with Crippen LogP contribution in [0.15, 0.2) is 22.7 Å². The van der Waals surface area contributed by atoms with Gasteiger partial charge in [0.05, 0.1) is 5.69 Å². The maximum absolute atomic E-state index is 5.58. The molecule has 0 aliphatic heterocycles. The van der Waals surface area contributed by atoms with Gasteiger partial charge in [0.25, 0.3) is 0 Å². The summed E-state index contributed by atoms with van der Waals surface area (Å²) in [6.45, 7) is 11.3. The van der Waals surface area contributed by atoms with Crippen molar-refractivity contribution < 1.29 is 4.42 Å². The van der Waals surface area contributed by atoms with Crippen LogP contribution in [0.4, 0.5) is 0 Å². The van der Waals surface area contributed by atoms with E-state index in [9.17, 15) is 0 Å². The van der Waals surface area contributed by atoms with Crippen LogP contribution in [0, 0.1) is 13.8 Å². The summed E-state index contributed by atoms with van der Waals surface area (Å²) in [5.74, 6) is 1.96. The molecule has 0 bridgehead atoms. The van der Waals surface area contributed by atoms with E-state index in [0.717, 1.165) is 30.2 Å². The zero-order chi connectivity index (χ0) is 14.7. The van der Waals surface area contributed by atoms with Gasteiger partial charge in [0.15, 0.2) is 0 Å². The van der Waals surface area contributed by atoms with Crippen molar-refractivity contribution in [2.24, 2.45) is 0 Å². The molecule has 2 aromatic rings. The summed E-state index contributed by atoms with van der Waals surface area (Å²) in [5, 5.41) is 8.11. The van der Waals surface area contributed by atoms with Crippen LogP contribution in [0.3, 0.4) is 0 Å². The summed E-state index contributed by atoms with van der Waals surface area (Å²) in [7, 11) is 0. The Morgan fingerprint density at radius 3 is 2.70 bits per heavy atom. The van der Waals surface area contributed by atoms with Crippen LogP contribution < -0.4 is 5.32 Å². The first-order valence-electron chi connectivity index (χ1n) is 7.35. The normalized spacial score (nSPS) is 14.4. The lowest BCUT2D eigenvalue weighted by Crippen LogP contribution is -2.19. The molecule has 4 nitrogen and oxygen atoms in total. The first kappa shape index (κ1) is 14.9. The molecule has 2 rings (SSSR count). The molecule has 0 amide bonds. The molecule has 20 heavy (non-hydrogen) atoms. The number of hydrogen-bond donors (Lipinski definition) is 1. The Morgan fingerprint density at radius 1 is 1.35 bits per heavy atom. The van der Waals surface area contributed by atoms with E-state index in [1.165, 1.54) is 5.56 Å². The van der Waals surface area contributed by atoms with E-state index in [4.69, 9.17) is 4.42 Å². The van der Waals surface area contributed by atoms with Crippen molar-refractivity contribution in [3.63, 3.8) is 0 Å². The molecule has 2 aromatic heterocycles. The van der Waals surface area contributed by atoms with Gasteiger partial charge in [-0.25, -0.2) is 0 Å². The molecule has 0 fully saturated rings. The molecule has 2 heterocycles. The number of aryl methyl sites for hydroxylation is 2. The smallest absolute Gasteiger partial charge is 0.105 e. The molecule has 2 unspecified atom stereocenters. The second-order valence-corrected chi connectivity index (χ2v) is 5.52. The minimum Gasteiger partial charge on any atom is -0.466 e. The van der Waals surface area contributed by atoms with Gasteiger partial charge in [0.1, 0.15) is 11.5 Å². The molecule has 0 spiro atoms. The minimum atomic E-state index is 0.265. The molecular weight excluding hydrogens is 250 g/mol. The second-order valence-electron chi connectivity index (χ2n) is 5.52. The van der Waals surface area contributed by atoms with Gasteiger partial charge in [-0.1, -0.05) is 6.92 Å². The Morgan fingerprint density at radius 2 is 2.10 bits per heavy atom. The van der Waals surface area contributed by atoms with Gasteiger partial charge in [-0.15, -0.1) is 0 Å². The quantitative estimate of drug-likeness (QED) is 0.869. The lowest BCUT2D eigenvalue weighted by molar-refractivity contribution is 0.466. The highest BCUT2D eigenvalue weighted by atomic mass is 16.3. The minimum absolute atomic E-state index is 0.265.